The highest BCUT2D eigenvalue weighted by Crippen LogP contribution is 2.27. The van der Waals surface area contributed by atoms with Crippen LogP contribution in [0.3, 0.4) is 0 Å². The molecule has 1 heterocycles. The molecule has 0 saturated heterocycles. The van der Waals surface area contributed by atoms with E-state index in [1.165, 1.54) is 22.3 Å². The third kappa shape index (κ3) is 7.20. The number of rotatable bonds is 10. The molecular weight excluding hydrogens is 476 g/mol. The first kappa shape index (κ1) is 25.0. The number of nitrogens with one attached hydrogen (secondary N) is 1. The Kier molecular flexibility index (Phi) is 8.61. The molecule has 4 rings (SSSR count). The van der Waals surface area contributed by atoms with Gasteiger partial charge < -0.3 is 5.32 Å². The maximum Gasteiger partial charge on any atom is 0.220 e. The van der Waals surface area contributed by atoms with Gasteiger partial charge in [-0.3, -0.25) is 9.36 Å². The summed E-state index contributed by atoms with van der Waals surface area (Å²) in [5, 5.41) is 13.4. The number of benzene rings is 3. The zero-order valence-electron chi connectivity index (χ0n) is 20.0. The Morgan fingerprint density at radius 3 is 2.34 bits per heavy atom. The largest absolute Gasteiger partial charge is 0.356 e. The lowest BCUT2D eigenvalue weighted by Crippen LogP contribution is -2.26. The lowest BCUT2D eigenvalue weighted by molar-refractivity contribution is -0.121. The quantitative estimate of drug-likeness (QED) is 0.264. The van der Waals surface area contributed by atoms with Gasteiger partial charge in [0.15, 0.2) is 5.16 Å². The van der Waals surface area contributed by atoms with E-state index in [1.54, 1.807) is 11.8 Å². The third-order valence-corrected chi connectivity index (χ3v) is 6.84. The smallest absolute Gasteiger partial charge is 0.220 e. The van der Waals surface area contributed by atoms with E-state index >= 15 is 0 Å². The van der Waals surface area contributed by atoms with Gasteiger partial charge in [0.05, 0.1) is 0 Å². The van der Waals surface area contributed by atoms with Crippen LogP contribution in [0.1, 0.15) is 34.5 Å². The summed E-state index contributed by atoms with van der Waals surface area (Å²) in [5.74, 6) is 1.55. The molecule has 1 aromatic heterocycles. The molecule has 180 valence electrons. The number of hydrogen-bond donors (Lipinski definition) is 1. The molecule has 35 heavy (non-hydrogen) atoms. The minimum Gasteiger partial charge on any atom is -0.356 e. The fourth-order valence-corrected chi connectivity index (χ4v) is 5.04. The van der Waals surface area contributed by atoms with Crippen molar-refractivity contribution in [3.8, 4) is 5.69 Å². The molecule has 1 amide bonds. The van der Waals surface area contributed by atoms with Crippen LogP contribution in [-0.4, -0.2) is 27.2 Å². The molecule has 0 bridgehead atoms. The van der Waals surface area contributed by atoms with Crippen LogP contribution in [0.5, 0.6) is 0 Å². The van der Waals surface area contributed by atoms with Gasteiger partial charge in [-0.05, 0) is 55.7 Å². The molecule has 3 aromatic carbocycles. The van der Waals surface area contributed by atoms with E-state index in [2.05, 4.69) is 59.7 Å². The van der Waals surface area contributed by atoms with E-state index in [4.69, 9.17) is 11.6 Å². The van der Waals surface area contributed by atoms with E-state index in [0.717, 1.165) is 28.8 Å². The second-order valence-corrected chi connectivity index (χ2v) is 9.96. The van der Waals surface area contributed by atoms with Gasteiger partial charge in [-0.25, -0.2) is 0 Å². The van der Waals surface area contributed by atoms with Crippen LogP contribution in [-0.2, 0) is 23.4 Å². The van der Waals surface area contributed by atoms with Crippen molar-refractivity contribution in [2.75, 3.05) is 6.54 Å². The van der Waals surface area contributed by atoms with Crippen molar-refractivity contribution >= 4 is 29.3 Å². The summed E-state index contributed by atoms with van der Waals surface area (Å²) in [7, 11) is 0. The summed E-state index contributed by atoms with van der Waals surface area (Å²) in [6.07, 6.45) is 1.66. The van der Waals surface area contributed by atoms with Crippen molar-refractivity contribution < 1.29 is 4.79 Å². The van der Waals surface area contributed by atoms with Gasteiger partial charge in [-0.2, -0.15) is 0 Å². The summed E-state index contributed by atoms with van der Waals surface area (Å²) in [6.45, 7) is 4.84. The maximum atomic E-state index is 12.5. The average Bonchev–Trinajstić information content (AvgIpc) is 3.25. The number of thioether (sulfide) groups is 1. The number of hydrogen-bond acceptors (Lipinski definition) is 4. The molecule has 0 unspecified atom stereocenters. The number of aryl methyl sites for hydroxylation is 3. The van der Waals surface area contributed by atoms with Gasteiger partial charge in [0.1, 0.15) is 5.82 Å². The highest BCUT2D eigenvalue weighted by Gasteiger charge is 2.16. The van der Waals surface area contributed by atoms with Gasteiger partial charge in [0.25, 0.3) is 0 Å². The SMILES string of the molecule is Cc1cc(C)cc(CSc2nnc(CCC(=O)NCCc3ccccc3)n2-c2ccc(Cl)cc2)c1. The fourth-order valence-electron chi connectivity index (χ4n) is 4.01. The number of aromatic nitrogens is 3. The van der Waals surface area contributed by atoms with Crippen LogP contribution >= 0.6 is 23.4 Å². The third-order valence-electron chi connectivity index (χ3n) is 5.59. The summed E-state index contributed by atoms with van der Waals surface area (Å²) in [6, 6.07) is 24.3. The van der Waals surface area contributed by atoms with Crippen molar-refractivity contribution in [3.05, 3.63) is 106 Å². The second-order valence-electron chi connectivity index (χ2n) is 8.58. The van der Waals surface area contributed by atoms with E-state index in [0.29, 0.717) is 24.4 Å². The van der Waals surface area contributed by atoms with Crippen molar-refractivity contribution in [1.82, 2.24) is 20.1 Å². The van der Waals surface area contributed by atoms with E-state index in [9.17, 15) is 4.79 Å². The first-order valence-corrected chi connectivity index (χ1v) is 13.0. The average molecular weight is 505 g/mol. The minimum atomic E-state index is 0.0102. The van der Waals surface area contributed by atoms with Crippen molar-refractivity contribution in [2.24, 2.45) is 0 Å². The molecule has 0 spiro atoms. The predicted molar refractivity (Wildman–Crippen MR) is 143 cm³/mol. The van der Waals surface area contributed by atoms with Crippen molar-refractivity contribution in [2.45, 2.75) is 44.0 Å². The molecule has 7 heteroatoms. The standard InChI is InChI=1S/C28H29ClN4OS/c1-20-16-21(2)18-23(17-20)19-35-28-32-31-26(33(28)25-10-8-24(29)9-11-25)12-13-27(34)30-15-14-22-6-4-3-5-7-22/h3-11,16-18H,12-15,19H2,1-2H3,(H,30,34). The predicted octanol–water partition coefficient (Wildman–Crippen LogP) is 6.12. The van der Waals surface area contributed by atoms with E-state index in [-0.39, 0.29) is 5.91 Å². The molecular formula is C28H29ClN4OS. The number of nitrogens with zero attached hydrogens (tertiary/aromatic N) is 3. The number of carbonyl (C=O) groups excluding carboxylic acids is 1. The first-order chi connectivity index (χ1) is 17.0. The first-order valence-electron chi connectivity index (χ1n) is 11.7. The molecule has 0 fully saturated rings. The Morgan fingerprint density at radius 1 is 0.914 bits per heavy atom. The zero-order valence-corrected chi connectivity index (χ0v) is 21.6. The Bertz CT molecular complexity index is 1250. The van der Waals surface area contributed by atoms with Gasteiger partial charge in [-0.1, -0.05) is 83.0 Å². The van der Waals surface area contributed by atoms with Gasteiger partial charge in [0.2, 0.25) is 5.91 Å². The number of amides is 1. The van der Waals surface area contributed by atoms with E-state index in [1.807, 2.05) is 47.0 Å². The Balaban J connectivity index is 1.43. The maximum absolute atomic E-state index is 12.5. The van der Waals surface area contributed by atoms with Crippen LogP contribution in [0.15, 0.2) is 78.0 Å². The van der Waals surface area contributed by atoms with Gasteiger partial charge >= 0.3 is 0 Å². The summed E-state index contributed by atoms with van der Waals surface area (Å²) in [4.78, 5) is 12.5. The van der Waals surface area contributed by atoms with Gasteiger partial charge in [0, 0.05) is 35.8 Å². The Hall–Kier alpha value is -3.09. The molecule has 0 aliphatic rings. The monoisotopic (exact) mass is 504 g/mol. The summed E-state index contributed by atoms with van der Waals surface area (Å²) in [5.41, 5.74) is 5.89. The molecule has 0 aliphatic heterocycles. The normalized spacial score (nSPS) is 10.9. The van der Waals surface area contributed by atoms with Crippen LogP contribution in [0.25, 0.3) is 5.69 Å². The second kappa shape index (κ2) is 12.0. The van der Waals surface area contributed by atoms with Crippen LogP contribution in [0.4, 0.5) is 0 Å². The minimum absolute atomic E-state index is 0.0102. The molecule has 0 aliphatic carbocycles. The zero-order chi connectivity index (χ0) is 24.6. The highest BCUT2D eigenvalue weighted by molar-refractivity contribution is 7.98. The fraction of sp³-hybridized carbons (Fsp3) is 0.250. The molecule has 1 N–H and O–H groups in total. The van der Waals surface area contributed by atoms with Crippen LogP contribution in [0, 0.1) is 13.8 Å². The molecule has 4 aromatic rings. The van der Waals surface area contributed by atoms with Gasteiger partial charge in [-0.15, -0.1) is 10.2 Å². The van der Waals surface area contributed by atoms with E-state index < -0.39 is 0 Å². The molecule has 5 nitrogen and oxygen atoms in total. The molecule has 0 radical (unpaired) electrons. The molecule has 0 saturated carbocycles. The van der Waals surface area contributed by atoms with Crippen LogP contribution < -0.4 is 5.32 Å². The number of halogens is 1. The van der Waals surface area contributed by atoms with Crippen molar-refractivity contribution in [1.29, 1.82) is 0 Å². The Labute approximate surface area is 215 Å². The highest BCUT2D eigenvalue weighted by atomic mass is 35.5. The molecule has 0 atom stereocenters. The summed E-state index contributed by atoms with van der Waals surface area (Å²) >= 11 is 7.76. The Morgan fingerprint density at radius 2 is 1.63 bits per heavy atom. The number of carbonyl (C=O) groups is 1. The van der Waals surface area contributed by atoms with Crippen molar-refractivity contribution in [3.63, 3.8) is 0 Å². The lowest BCUT2D eigenvalue weighted by Gasteiger charge is -2.11. The summed E-state index contributed by atoms with van der Waals surface area (Å²) < 4.78 is 2.03. The topological polar surface area (TPSA) is 59.8 Å². The lowest BCUT2D eigenvalue weighted by atomic mass is 10.1. The van der Waals surface area contributed by atoms with Crippen LogP contribution in [0.2, 0.25) is 5.02 Å².